The summed E-state index contributed by atoms with van der Waals surface area (Å²) in [5.74, 6) is 1.28. The van der Waals surface area contributed by atoms with Gasteiger partial charge >= 0.3 is 0 Å². The lowest BCUT2D eigenvalue weighted by Crippen LogP contribution is -2.49. The number of benzene rings is 1. The molecule has 1 heterocycles. The maximum absolute atomic E-state index is 13.2. The lowest BCUT2D eigenvalue weighted by atomic mass is 9.97. The highest BCUT2D eigenvalue weighted by atomic mass is 32.2. The number of hydrogen-bond acceptors (Lipinski definition) is 3. The second-order valence-electron chi connectivity index (χ2n) is 5.89. The van der Waals surface area contributed by atoms with Crippen LogP contribution in [-0.2, 0) is 9.59 Å². The van der Waals surface area contributed by atoms with Crippen LogP contribution in [0.5, 0.6) is 0 Å². The van der Waals surface area contributed by atoms with Crippen molar-refractivity contribution in [1.29, 1.82) is 0 Å². The van der Waals surface area contributed by atoms with Crippen LogP contribution in [0.4, 0.5) is 4.39 Å². The Morgan fingerprint density at radius 1 is 1.30 bits per heavy atom. The van der Waals surface area contributed by atoms with E-state index in [4.69, 9.17) is 0 Å². The van der Waals surface area contributed by atoms with Crippen LogP contribution in [-0.4, -0.2) is 47.4 Å². The minimum absolute atomic E-state index is 0.0305. The topological polar surface area (TPSA) is 49.4 Å². The molecule has 0 bridgehead atoms. The Bertz CT molecular complexity index is 561. The van der Waals surface area contributed by atoms with E-state index in [0.717, 1.165) is 30.2 Å². The third kappa shape index (κ3) is 5.23. The fourth-order valence-electron chi connectivity index (χ4n) is 2.63. The Morgan fingerprint density at radius 2 is 2.00 bits per heavy atom. The van der Waals surface area contributed by atoms with Crippen LogP contribution >= 0.6 is 11.8 Å². The van der Waals surface area contributed by atoms with Gasteiger partial charge in [0.1, 0.15) is 11.9 Å². The van der Waals surface area contributed by atoms with Crippen molar-refractivity contribution in [3.63, 3.8) is 0 Å². The highest BCUT2D eigenvalue weighted by molar-refractivity contribution is 7.99. The van der Waals surface area contributed by atoms with E-state index in [-0.39, 0.29) is 30.0 Å². The smallest absolute Gasteiger partial charge is 0.244 e. The number of halogens is 1. The molecule has 0 saturated carbocycles. The number of nitrogens with one attached hydrogen (secondary N) is 1. The third-order valence-electron chi connectivity index (χ3n) is 3.98. The standard InChI is InChI=1S/C17H23FN2O2S/c1-12(14-4-3-5-15(18)11-14)10-16(21)19-13(2)17(22)20-6-8-23-9-7-20/h3-5,11-13H,6-10H2,1-2H3,(H,19,21)/t12-,13-/m1/s1. The van der Waals surface area contributed by atoms with Gasteiger partial charge in [0.05, 0.1) is 0 Å². The number of hydrogen-bond donors (Lipinski definition) is 1. The lowest BCUT2D eigenvalue weighted by molar-refractivity contribution is -0.135. The van der Waals surface area contributed by atoms with E-state index in [1.165, 1.54) is 12.1 Å². The summed E-state index contributed by atoms with van der Waals surface area (Å²) in [6.07, 6.45) is 0.233. The maximum Gasteiger partial charge on any atom is 0.244 e. The Morgan fingerprint density at radius 3 is 2.65 bits per heavy atom. The number of amides is 2. The van der Waals surface area contributed by atoms with Gasteiger partial charge in [-0.3, -0.25) is 9.59 Å². The number of thioether (sulfide) groups is 1. The SMILES string of the molecule is C[C@H](CC(=O)N[C@H](C)C(=O)N1CCSCC1)c1cccc(F)c1. The molecular formula is C17H23FN2O2S. The van der Waals surface area contributed by atoms with Gasteiger partial charge in [0.15, 0.2) is 0 Å². The van der Waals surface area contributed by atoms with Gasteiger partial charge in [0.25, 0.3) is 0 Å². The molecule has 2 atom stereocenters. The Labute approximate surface area is 140 Å². The summed E-state index contributed by atoms with van der Waals surface area (Å²) >= 11 is 1.84. The van der Waals surface area contributed by atoms with Gasteiger partial charge in [0, 0.05) is 31.0 Å². The van der Waals surface area contributed by atoms with Gasteiger partial charge in [-0.15, -0.1) is 0 Å². The van der Waals surface area contributed by atoms with Gasteiger partial charge in [-0.2, -0.15) is 11.8 Å². The van der Waals surface area contributed by atoms with Crippen LogP contribution in [0.3, 0.4) is 0 Å². The van der Waals surface area contributed by atoms with Gasteiger partial charge in [-0.25, -0.2) is 4.39 Å². The van der Waals surface area contributed by atoms with E-state index in [0.29, 0.717) is 0 Å². The third-order valence-corrected chi connectivity index (χ3v) is 4.92. The molecule has 0 spiro atoms. The molecule has 1 aromatic rings. The van der Waals surface area contributed by atoms with Crippen LogP contribution in [0.25, 0.3) is 0 Å². The first-order valence-electron chi connectivity index (χ1n) is 7.88. The van der Waals surface area contributed by atoms with Crippen molar-refractivity contribution >= 4 is 23.6 Å². The van der Waals surface area contributed by atoms with Gasteiger partial charge in [-0.1, -0.05) is 19.1 Å². The second-order valence-corrected chi connectivity index (χ2v) is 7.11. The summed E-state index contributed by atoms with van der Waals surface area (Å²) in [7, 11) is 0. The largest absolute Gasteiger partial charge is 0.345 e. The van der Waals surface area contributed by atoms with E-state index >= 15 is 0 Å². The zero-order chi connectivity index (χ0) is 16.8. The summed E-state index contributed by atoms with van der Waals surface area (Å²) in [6.45, 7) is 5.07. The second kappa shape index (κ2) is 8.34. The molecule has 1 aromatic carbocycles. The predicted molar refractivity (Wildman–Crippen MR) is 90.9 cm³/mol. The quantitative estimate of drug-likeness (QED) is 0.897. The molecule has 1 aliphatic heterocycles. The van der Waals surface area contributed by atoms with Crippen molar-refractivity contribution in [2.75, 3.05) is 24.6 Å². The fraction of sp³-hybridized carbons (Fsp3) is 0.529. The van der Waals surface area contributed by atoms with Crippen molar-refractivity contribution in [1.82, 2.24) is 10.2 Å². The fourth-order valence-corrected chi connectivity index (χ4v) is 3.53. The Kier molecular flexibility index (Phi) is 6.45. The molecule has 1 N–H and O–H groups in total. The molecule has 4 nitrogen and oxygen atoms in total. The zero-order valence-corrected chi connectivity index (χ0v) is 14.4. The highest BCUT2D eigenvalue weighted by Gasteiger charge is 2.24. The van der Waals surface area contributed by atoms with Crippen molar-refractivity contribution in [3.05, 3.63) is 35.6 Å². The van der Waals surface area contributed by atoms with E-state index in [1.54, 1.807) is 24.0 Å². The van der Waals surface area contributed by atoms with Crippen molar-refractivity contribution in [2.45, 2.75) is 32.2 Å². The monoisotopic (exact) mass is 338 g/mol. The van der Waals surface area contributed by atoms with E-state index in [1.807, 2.05) is 18.7 Å². The van der Waals surface area contributed by atoms with Crippen LogP contribution in [0.1, 0.15) is 31.7 Å². The first-order chi connectivity index (χ1) is 11.0. The van der Waals surface area contributed by atoms with Crippen molar-refractivity contribution < 1.29 is 14.0 Å². The Hall–Kier alpha value is -1.56. The molecule has 2 amide bonds. The summed E-state index contributed by atoms with van der Waals surface area (Å²) in [4.78, 5) is 26.2. The molecule has 1 saturated heterocycles. The number of carbonyl (C=O) groups excluding carboxylic acids is 2. The lowest BCUT2D eigenvalue weighted by Gasteiger charge is -2.29. The molecular weight excluding hydrogens is 315 g/mol. The Balaban J connectivity index is 1.84. The molecule has 0 radical (unpaired) electrons. The maximum atomic E-state index is 13.2. The summed E-state index contributed by atoms with van der Waals surface area (Å²) in [6, 6.07) is 5.75. The average molecular weight is 338 g/mol. The van der Waals surface area contributed by atoms with Crippen LogP contribution < -0.4 is 5.32 Å². The summed E-state index contributed by atoms with van der Waals surface area (Å²) < 4.78 is 13.2. The van der Waals surface area contributed by atoms with Crippen LogP contribution in [0, 0.1) is 5.82 Å². The van der Waals surface area contributed by atoms with Crippen molar-refractivity contribution in [2.24, 2.45) is 0 Å². The molecule has 0 unspecified atom stereocenters. The van der Waals surface area contributed by atoms with Gasteiger partial charge in [-0.05, 0) is 30.5 Å². The highest BCUT2D eigenvalue weighted by Crippen LogP contribution is 2.19. The normalized spacial score (nSPS) is 17.4. The van der Waals surface area contributed by atoms with E-state index in [9.17, 15) is 14.0 Å². The first kappa shape index (κ1) is 17.8. The molecule has 23 heavy (non-hydrogen) atoms. The van der Waals surface area contributed by atoms with E-state index < -0.39 is 6.04 Å². The molecule has 1 fully saturated rings. The first-order valence-corrected chi connectivity index (χ1v) is 9.04. The molecule has 1 aliphatic rings. The van der Waals surface area contributed by atoms with Crippen LogP contribution in [0.2, 0.25) is 0 Å². The van der Waals surface area contributed by atoms with Crippen LogP contribution in [0.15, 0.2) is 24.3 Å². The number of rotatable bonds is 5. The summed E-state index contributed by atoms with van der Waals surface area (Å²) in [5.41, 5.74) is 0.784. The predicted octanol–water partition coefficient (Wildman–Crippen LogP) is 2.40. The molecule has 0 aromatic heterocycles. The number of carbonyl (C=O) groups is 2. The average Bonchev–Trinajstić information content (AvgIpc) is 2.54. The van der Waals surface area contributed by atoms with Gasteiger partial charge < -0.3 is 10.2 Å². The summed E-state index contributed by atoms with van der Waals surface area (Å²) in [5, 5.41) is 2.76. The molecule has 2 rings (SSSR count). The minimum Gasteiger partial charge on any atom is -0.345 e. The molecule has 0 aliphatic carbocycles. The van der Waals surface area contributed by atoms with Crippen molar-refractivity contribution in [3.8, 4) is 0 Å². The number of nitrogens with zero attached hydrogens (tertiary/aromatic N) is 1. The van der Waals surface area contributed by atoms with Gasteiger partial charge in [0.2, 0.25) is 11.8 Å². The van der Waals surface area contributed by atoms with E-state index in [2.05, 4.69) is 5.32 Å². The minimum atomic E-state index is -0.523. The molecule has 126 valence electrons. The zero-order valence-electron chi connectivity index (χ0n) is 13.5. The molecule has 6 heteroatoms.